The van der Waals surface area contributed by atoms with Crippen LogP contribution in [0.25, 0.3) is 0 Å². The summed E-state index contributed by atoms with van der Waals surface area (Å²) < 4.78 is 18.5. The molecular formula is C19H32BNO4. The normalized spacial score (nSPS) is 42.2. The van der Waals surface area contributed by atoms with Crippen molar-refractivity contribution in [2.24, 2.45) is 17.3 Å². The van der Waals surface area contributed by atoms with Crippen LogP contribution in [-0.2, 0) is 14.0 Å². The molecule has 2 aliphatic heterocycles. The fraction of sp³-hybridized carbons (Fsp3) is 0.947. The minimum Gasteiger partial charge on any atom is -0.444 e. The van der Waals surface area contributed by atoms with E-state index in [2.05, 4.69) is 20.8 Å². The summed E-state index contributed by atoms with van der Waals surface area (Å²) in [5.41, 5.74) is -0.359. The highest BCUT2D eigenvalue weighted by atomic mass is 16.7. The van der Waals surface area contributed by atoms with Crippen LogP contribution in [0.15, 0.2) is 0 Å². The first kappa shape index (κ1) is 17.7. The first-order chi connectivity index (χ1) is 11.5. The summed E-state index contributed by atoms with van der Waals surface area (Å²) in [5, 5.41) is 0. The highest BCUT2D eigenvalue weighted by Gasteiger charge is 2.69. The molecule has 5 nitrogen and oxygen atoms in total. The molecule has 0 N–H and O–H groups in total. The van der Waals surface area contributed by atoms with Crippen molar-refractivity contribution in [1.82, 2.24) is 4.90 Å². The molecule has 1 amide bonds. The average molecular weight is 349 g/mol. The van der Waals surface area contributed by atoms with Crippen molar-refractivity contribution >= 4 is 13.2 Å². The van der Waals surface area contributed by atoms with Crippen LogP contribution in [-0.4, -0.2) is 47.9 Å². The maximum Gasteiger partial charge on any atom is 0.482 e. The van der Waals surface area contributed by atoms with E-state index in [0.717, 1.165) is 31.7 Å². The van der Waals surface area contributed by atoms with Crippen LogP contribution in [0.2, 0.25) is 0 Å². The van der Waals surface area contributed by atoms with Crippen LogP contribution in [0.1, 0.15) is 67.2 Å². The number of hydrogen-bond acceptors (Lipinski definition) is 4. The molecule has 3 saturated carbocycles. The Morgan fingerprint density at radius 3 is 2.60 bits per heavy atom. The van der Waals surface area contributed by atoms with Gasteiger partial charge < -0.3 is 18.9 Å². The summed E-state index contributed by atoms with van der Waals surface area (Å²) >= 11 is 0. The fourth-order valence-corrected chi connectivity index (χ4v) is 5.69. The third-order valence-corrected chi connectivity index (χ3v) is 7.21. The van der Waals surface area contributed by atoms with Gasteiger partial charge in [-0.05, 0) is 70.6 Å². The summed E-state index contributed by atoms with van der Waals surface area (Å²) in [4.78, 5) is 14.4. The zero-order chi connectivity index (χ0) is 18.2. The molecule has 0 aromatic rings. The number of amides is 1. The number of hydrogen-bond donors (Lipinski definition) is 0. The van der Waals surface area contributed by atoms with Gasteiger partial charge in [0.2, 0.25) is 0 Å². The number of likely N-dealkylation sites (tertiary alicyclic amines) is 1. The van der Waals surface area contributed by atoms with Gasteiger partial charge in [0.05, 0.1) is 17.6 Å². The van der Waals surface area contributed by atoms with E-state index >= 15 is 0 Å². The molecule has 0 aromatic carbocycles. The quantitative estimate of drug-likeness (QED) is 0.678. The molecule has 2 bridgehead atoms. The first-order valence-corrected chi connectivity index (χ1v) is 9.85. The van der Waals surface area contributed by atoms with E-state index in [0.29, 0.717) is 11.3 Å². The van der Waals surface area contributed by atoms with Gasteiger partial charge in [-0.2, -0.15) is 0 Å². The van der Waals surface area contributed by atoms with Crippen LogP contribution < -0.4 is 0 Å². The Bertz CT molecular complexity index is 574. The van der Waals surface area contributed by atoms with Crippen LogP contribution in [0.3, 0.4) is 0 Å². The van der Waals surface area contributed by atoms with Crippen molar-refractivity contribution in [3.05, 3.63) is 0 Å². The molecule has 5 atom stereocenters. The van der Waals surface area contributed by atoms with Crippen molar-refractivity contribution in [2.75, 3.05) is 6.54 Å². The van der Waals surface area contributed by atoms with Gasteiger partial charge in [0.15, 0.2) is 0 Å². The number of rotatable bonds is 1. The molecule has 0 unspecified atom stereocenters. The molecule has 0 spiro atoms. The van der Waals surface area contributed by atoms with Crippen molar-refractivity contribution in [3.63, 3.8) is 0 Å². The molecule has 0 radical (unpaired) electrons. The SMILES string of the molecule is CC(C)(C)OC(=O)N1CCC[C@H]1B1O[C@@H]2C[C@H]3C[C@H](C3(C)C)[C@]2(C)O1. The van der Waals surface area contributed by atoms with E-state index in [1.165, 1.54) is 6.42 Å². The Morgan fingerprint density at radius 2 is 1.96 bits per heavy atom. The summed E-state index contributed by atoms with van der Waals surface area (Å²) in [7, 11) is -0.319. The Balaban J connectivity index is 1.49. The van der Waals surface area contributed by atoms with E-state index in [4.69, 9.17) is 14.0 Å². The Kier molecular flexibility index (Phi) is 3.80. The second kappa shape index (κ2) is 5.38. The average Bonchev–Trinajstić information content (AvgIpc) is 3.07. The van der Waals surface area contributed by atoms with E-state index < -0.39 is 5.60 Å². The lowest BCUT2D eigenvalue weighted by atomic mass is 9.43. The zero-order valence-electron chi connectivity index (χ0n) is 16.5. The highest BCUT2D eigenvalue weighted by molar-refractivity contribution is 6.47. The predicted octanol–water partition coefficient (Wildman–Crippen LogP) is 3.65. The smallest absolute Gasteiger partial charge is 0.444 e. The second-order valence-electron chi connectivity index (χ2n) is 10.2. The van der Waals surface area contributed by atoms with Crippen molar-refractivity contribution < 1.29 is 18.8 Å². The van der Waals surface area contributed by atoms with Crippen LogP contribution in [0.5, 0.6) is 0 Å². The lowest BCUT2D eigenvalue weighted by Crippen LogP contribution is -2.65. The molecule has 3 aliphatic carbocycles. The van der Waals surface area contributed by atoms with Gasteiger partial charge in [0.25, 0.3) is 0 Å². The Morgan fingerprint density at radius 1 is 1.24 bits per heavy atom. The molecule has 0 aromatic heterocycles. The van der Waals surface area contributed by atoms with Crippen molar-refractivity contribution in [2.45, 2.75) is 90.5 Å². The minimum absolute atomic E-state index is 0.0300. The van der Waals surface area contributed by atoms with Gasteiger partial charge in [-0.3, -0.25) is 0 Å². The van der Waals surface area contributed by atoms with E-state index in [-0.39, 0.29) is 30.9 Å². The van der Waals surface area contributed by atoms with Gasteiger partial charge in [0, 0.05) is 6.54 Å². The second-order valence-corrected chi connectivity index (χ2v) is 10.2. The molecule has 5 fully saturated rings. The summed E-state index contributed by atoms with van der Waals surface area (Å²) in [6, 6.07) is 0. The number of carbonyl (C=O) groups excluding carboxylic acids is 1. The maximum absolute atomic E-state index is 12.6. The molecular weight excluding hydrogens is 317 g/mol. The van der Waals surface area contributed by atoms with Gasteiger partial charge in [0.1, 0.15) is 5.60 Å². The number of nitrogens with zero attached hydrogens (tertiary/aromatic N) is 1. The molecule has 5 rings (SSSR count). The summed E-state index contributed by atoms with van der Waals surface area (Å²) in [6.07, 6.45) is 4.14. The van der Waals surface area contributed by atoms with E-state index in [1.807, 2.05) is 25.7 Å². The molecule has 2 saturated heterocycles. The Hall–Kier alpha value is -0.745. The third kappa shape index (κ3) is 2.63. The molecule has 5 aliphatic rings. The van der Waals surface area contributed by atoms with Gasteiger partial charge in [-0.1, -0.05) is 13.8 Å². The molecule has 2 heterocycles. The van der Waals surface area contributed by atoms with Gasteiger partial charge in [-0.15, -0.1) is 0 Å². The third-order valence-electron chi connectivity index (χ3n) is 7.21. The van der Waals surface area contributed by atoms with Gasteiger partial charge in [-0.25, -0.2) is 4.79 Å². The Labute approximate surface area is 151 Å². The minimum atomic E-state index is -0.479. The van der Waals surface area contributed by atoms with Gasteiger partial charge >= 0.3 is 13.2 Å². The lowest BCUT2D eigenvalue weighted by molar-refractivity contribution is -0.199. The topological polar surface area (TPSA) is 48.0 Å². The predicted molar refractivity (Wildman–Crippen MR) is 96.1 cm³/mol. The van der Waals surface area contributed by atoms with Crippen molar-refractivity contribution in [3.8, 4) is 0 Å². The van der Waals surface area contributed by atoms with Crippen LogP contribution in [0, 0.1) is 17.3 Å². The van der Waals surface area contributed by atoms with Crippen molar-refractivity contribution in [1.29, 1.82) is 0 Å². The summed E-state index contributed by atoms with van der Waals surface area (Å²) in [6.45, 7) is 13.4. The largest absolute Gasteiger partial charge is 0.482 e. The van der Waals surface area contributed by atoms with Crippen LogP contribution >= 0.6 is 0 Å². The monoisotopic (exact) mass is 349 g/mol. The maximum atomic E-state index is 12.6. The lowest BCUT2D eigenvalue weighted by Gasteiger charge is -2.64. The molecule has 6 heteroatoms. The summed E-state index contributed by atoms with van der Waals surface area (Å²) in [5.74, 6) is 1.26. The van der Waals surface area contributed by atoms with E-state index in [9.17, 15) is 4.79 Å². The standard InChI is InChI=1S/C19H32BNO4/c1-17(2,3)23-16(22)21-9-7-8-15(21)20-24-14-11-12-10-13(18(12,4)5)19(14,6)25-20/h12-15H,7-11H2,1-6H3/t12-,13-,14-,15+,19+/m1/s1. The number of ether oxygens (including phenoxy) is 1. The molecule has 25 heavy (non-hydrogen) atoms. The van der Waals surface area contributed by atoms with Crippen LogP contribution in [0.4, 0.5) is 4.79 Å². The van der Waals surface area contributed by atoms with E-state index in [1.54, 1.807) is 0 Å². The zero-order valence-corrected chi connectivity index (χ0v) is 16.5. The number of carbonyl (C=O) groups is 1. The molecule has 140 valence electrons. The highest BCUT2D eigenvalue weighted by Crippen LogP contribution is 2.65. The first-order valence-electron chi connectivity index (χ1n) is 9.85. The fourth-order valence-electron chi connectivity index (χ4n) is 5.69.